The summed E-state index contributed by atoms with van der Waals surface area (Å²) >= 11 is 0. The van der Waals surface area contributed by atoms with E-state index >= 15 is 0 Å². The van der Waals surface area contributed by atoms with Crippen LogP contribution in [0.4, 0.5) is 0 Å². The van der Waals surface area contributed by atoms with Crippen LogP contribution in [0.5, 0.6) is 0 Å². The normalized spacial score (nSPS) is 32.8. The summed E-state index contributed by atoms with van der Waals surface area (Å²) in [4.78, 5) is 0. The van der Waals surface area contributed by atoms with E-state index in [-0.39, 0.29) is 0 Å². The first kappa shape index (κ1) is 10.0. The molecule has 0 spiro atoms. The Hall–Kier alpha value is -0.0800. The van der Waals surface area contributed by atoms with Gasteiger partial charge in [-0.2, -0.15) is 0 Å². The van der Waals surface area contributed by atoms with E-state index in [4.69, 9.17) is 5.73 Å². The second-order valence-electron chi connectivity index (χ2n) is 4.44. The molecule has 1 saturated heterocycles. The highest BCUT2D eigenvalue weighted by atomic mass is 15.0. The highest BCUT2D eigenvalue weighted by Gasteiger charge is 2.30. The molecule has 3 N–H and O–H groups in total. The molecule has 1 aliphatic rings. The van der Waals surface area contributed by atoms with Gasteiger partial charge in [0.25, 0.3) is 0 Å². The Labute approximate surface area is 75.9 Å². The van der Waals surface area contributed by atoms with Crippen LogP contribution in [0.15, 0.2) is 0 Å². The third-order valence-corrected chi connectivity index (χ3v) is 2.99. The zero-order valence-electron chi connectivity index (χ0n) is 8.48. The van der Waals surface area contributed by atoms with Crippen molar-refractivity contribution < 1.29 is 0 Å². The average Bonchev–Trinajstić information content (AvgIpc) is 2.35. The summed E-state index contributed by atoms with van der Waals surface area (Å²) in [6, 6.07) is 1.06. The molecule has 1 rings (SSSR count). The summed E-state index contributed by atoms with van der Waals surface area (Å²) < 4.78 is 0. The number of hydrogen-bond donors (Lipinski definition) is 2. The van der Waals surface area contributed by atoms with Crippen molar-refractivity contribution in [3.8, 4) is 0 Å². The molecule has 1 heterocycles. The lowest BCUT2D eigenvalue weighted by atomic mass is 9.86. The van der Waals surface area contributed by atoms with Crippen molar-refractivity contribution in [2.75, 3.05) is 6.54 Å². The Morgan fingerprint density at radius 3 is 2.75 bits per heavy atom. The Morgan fingerprint density at radius 1 is 1.67 bits per heavy atom. The maximum absolute atomic E-state index is 5.76. The molecule has 0 bridgehead atoms. The standard InChI is InChI=1S/C10H21N2/c1-8(9(2)11)7-10(3)5-4-6-12-10/h8,12H,4-7,11H2,1-3H3. The molecular weight excluding hydrogens is 148 g/mol. The molecule has 0 saturated carbocycles. The van der Waals surface area contributed by atoms with E-state index in [1.807, 2.05) is 6.92 Å². The van der Waals surface area contributed by atoms with Crippen LogP contribution in [0.25, 0.3) is 0 Å². The molecule has 0 amide bonds. The van der Waals surface area contributed by atoms with Gasteiger partial charge in [-0.05, 0) is 45.6 Å². The van der Waals surface area contributed by atoms with Gasteiger partial charge >= 0.3 is 0 Å². The predicted octanol–water partition coefficient (Wildman–Crippen LogP) is 1.67. The van der Waals surface area contributed by atoms with E-state index in [9.17, 15) is 0 Å². The van der Waals surface area contributed by atoms with Crippen LogP contribution in [0.1, 0.15) is 40.0 Å². The van der Waals surface area contributed by atoms with Crippen LogP contribution in [0.2, 0.25) is 0 Å². The zero-order chi connectivity index (χ0) is 9.19. The smallest absolute Gasteiger partial charge is 0.0334 e. The molecule has 0 aromatic heterocycles. The van der Waals surface area contributed by atoms with Crippen LogP contribution in [0, 0.1) is 12.0 Å². The van der Waals surface area contributed by atoms with Gasteiger partial charge in [0.1, 0.15) is 0 Å². The minimum Gasteiger partial charge on any atom is -0.324 e. The summed E-state index contributed by atoms with van der Waals surface area (Å²) in [7, 11) is 0. The van der Waals surface area contributed by atoms with E-state index in [2.05, 4.69) is 19.2 Å². The van der Waals surface area contributed by atoms with Crippen LogP contribution in [-0.4, -0.2) is 12.1 Å². The van der Waals surface area contributed by atoms with Crippen molar-refractivity contribution >= 4 is 0 Å². The molecule has 12 heavy (non-hydrogen) atoms. The van der Waals surface area contributed by atoms with Crippen LogP contribution in [0.3, 0.4) is 0 Å². The zero-order valence-corrected chi connectivity index (χ0v) is 8.48. The SMILES string of the molecule is C[C](N)C(C)CC1(C)CCCN1. The lowest BCUT2D eigenvalue weighted by Crippen LogP contribution is -2.39. The van der Waals surface area contributed by atoms with E-state index in [1.165, 1.54) is 25.8 Å². The van der Waals surface area contributed by atoms with Gasteiger partial charge in [-0.1, -0.05) is 6.92 Å². The van der Waals surface area contributed by atoms with Crippen molar-refractivity contribution in [1.29, 1.82) is 0 Å². The van der Waals surface area contributed by atoms with Crippen molar-refractivity contribution in [2.24, 2.45) is 11.7 Å². The van der Waals surface area contributed by atoms with E-state index < -0.39 is 0 Å². The fourth-order valence-corrected chi connectivity index (χ4v) is 1.97. The highest BCUT2D eigenvalue weighted by Crippen LogP contribution is 2.28. The van der Waals surface area contributed by atoms with Gasteiger partial charge in [0.15, 0.2) is 0 Å². The summed E-state index contributed by atoms with van der Waals surface area (Å²) in [5, 5.41) is 3.55. The first-order chi connectivity index (χ1) is 5.53. The van der Waals surface area contributed by atoms with Crippen LogP contribution in [-0.2, 0) is 0 Å². The molecule has 1 radical (unpaired) electrons. The largest absolute Gasteiger partial charge is 0.324 e. The van der Waals surface area contributed by atoms with Crippen molar-refractivity contribution in [1.82, 2.24) is 5.32 Å². The first-order valence-electron chi connectivity index (χ1n) is 4.87. The summed E-state index contributed by atoms with van der Waals surface area (Å²) in [5.41, 5.74) is 6.11. The highest BCUT2D eigenvalue weighted by molar-refractivity contribution is 4.94. The summed E-state index contributed by atoms with van der Waals surface area (Å²) in [6.45, 7) is 7.70. The Balaban J connectivity index is 2.38. The Kier molecular flexibility index (Phi) is 3.13. The van der Waals surface area contributed by atoms with E-state index in [1.54, 1.807) is 0 Å². The quantitative estimate of drug-likeness (QED) is 0.674. The van der Waals surface area contributed by atoms with Gasteiger partial charge in [0.2, 0.25) is 0 Å². The third kappa shape index (κ3) is 2.46. The molecular formula is C10H21N2. The molecule has 2 unspecified atom stereocenters. The average molecular weight is 169 g/mol. The predicted molar refractivity (Wildman–Crippen MR) is 52.5 cm³/mol. The van der Waals surface area contributed by atoms with Crippen LogP contribution < -0.4 is 11.1 Å². The molecule has 0 aromatic carbocycles. The Morgan fingerprint density at radius 2 is 2.33 bits per heavy atom. The van der Waals surface area contributed by atoms with E-state index in [0.717, 1.165) is 6.04 Å². The van der Waals surface area contributed by atoms with E-state index in [0.29, 0.717) is 11.5 Å². The second-order valence-corrected chi connectivity index (χ2v) is 4.44. The molecule has 2 atom stereocenters. The third-order valence-electron chi connectivity index (χ3n) is 2.99. The minimum atomic E-state index is 0.347. The topological polar surface area (TPSA) is 38.0 Å². The van der Waals surface area contributed by atoms with Crippen molar-refractivity contribution in [3.05, 3.63) is 6.04 Å². The fraction of sp³-hybridized carbons (Fsp3) is 0.900. The van der Waals surface area contributed by atoms with Crippen molar-refractivity contribution in [2.45, 2.75) is 45.6 Å². The molecule has 0 aliphatic carbocycles. The maximum atomic E-state index is 5.76. The van der Waals surface area contributed by atoms with Gasteiger partial charge in [-0.15, -0.1) is 0 Å². The molecule has 71 valence electrons. The summed E-state index contributed by atoms with van der Waals surface area (Å²) in [6.07, 6.45) is 3.78. The number of hydrogen-bond acceptors (Lipinski definition) is 2. The maximum Gasteiger partial charge on any atom is 0.0334 e. The summed E-state index contributed by atoms with van der Waals surface area (Å²) in [5.74, 6) is 0.542. The number of rotatable bonds is 3. The van der Waals surface area contributed by atoms with Gasteiger partial charge in [-0.25, -0.2) is 0 Å². The number of nitrogens with one attached hydrogen (secondary N) is 1. The minimum absolute atomic E-state index is 0.347. The molecule has 1 aliphatic heterocycles. The van der Waals surface area contributed by atoms with Gasteiger partial charge < -0.3 is 11.1 Å². The fourth-order valence-electron chi connectivity index (χ4n) is 1.97. The monoisotopic (exact) mass is 169 g/mol. The Bertz CT molecular complexity index is 137. The lowest BCUT2D eigenvalue weighted by molar-refractivity contribution is 0.325. The second kappa shape index (κ2) is 3.75. The van der Waals surface area contributed by atoms with Crippen LogP contribution >= 0.6 is 0 Å². The molecule has 2 heteroatoms. The number of nitrogens with two attached hydrogens (primary N) is 1. The lowest BCUT2D eigenvalue weighted by Gasteiger charge is -2.29. The van der Waals surface area contributed by atoms with Gasteiger partial charge in [0, 0.05) is 11.6 Å². The van der Waals surface area contributed by atoms with Gasteiger partial charge in [-0.3, -0.25) is 0 Å². The van der Waals surface area contributed by atoms with Gasteiger partial charge in [0.05, 0.1) is 0 Å². The molecule has 0 aromatic rings. The van der Waals surface area contributed by atoms with Crippen molar-refractivity contribution in [3.63, 3.8) is 0 Å². The first-order valence-corrected chi connectivity index (χ1v) is 4.87. The molecule has 2 nitrogen and oxygen atoms in total. The molecule has 1 fully saturated rings.